The van der Waals surface area contributed by atoms with Crippen molar-refractivity contribution in [1.82, 2.24) is 5.09 Å². The van der Waals surface area contributed by atoms with Gasteiger partial charge in [-0.2, -0.15) is 0 Å². The maximum atomic E-state index is 14.1. The van der Waals surface area contributed by atoms with Crippen molar-refractivity contribution >= 4 is 30.2 Å². The fraction of sp³-hybridized carbons (Fsp3) is 0.310. The monoisotopic (exact) mass is 523 g/mol. The van der Waals surface area contributed by atoms with Crippen LogP contribution in [0.25, 0.3) is 10.8 Å². The lowest BCUT2D eigenvalue weighted by Crippen LogP contribution is -2.36. The number of fused-ring (bicyclic) bond motifs is 1. The van der Waals surface area contributed by atoms with E-state index in [4.69, 9.17) is 14.0 Å². The molecule has 0 heterocycles. The highest BCUT2D eigenvalue weighted by Gasteiger charge is 2.31. The van der Waals surface area contributed by atoms with Gasteiger partial charge in [0.05, 0.1) is 18.3 Å². The molecule has 2 atom stereocenters. The minimum absolute atomic E-state index is 0.0138. The Hall–Kier alpha value is -3.41. The SMILES string of the molecule is C=CCOC(=O)c1ccc2ccc(CP(=O)(N[C@@H](C)C(=O)OCC(C)(C)C)Oc3ccccc3)cc2c1. The van der Waals surface area contributed by atoms with Crippen LogP contribution in [0.15, 0.2) is 79.4 Å². The maximum Gasteiger partial charge on any atom is 0.338 e. The lowest BCUT2D eigenvalue weighted by molar-refractivity contribution is -0.148. The summed E-state index contributed by atoms with van der Waals surface area (Å²) >= 11 is 0. The molecular weight excluding hydrogens is 489 g/mol. The van der Waals surface area contributed by atoms with Crippen LogP contribution in [0.4, 0.5) is 0 Å². The first-order chi connectivity index (χ1) is 17.5. The highest BCUT2D eigenvalue weighted by molar-refractivity contribution is 7.56. The van der Waals surface area contributed by atoms with E-state index >= 15 is 0 Å². The Labute approximate surface area is 218 Å². The normalized spacial score (nSPS) is 13.8. The molecule has 0 saturated carbocycles. The Morgan fingerprint density at radius 3 is 2.38 bits per heavy atom. The predicted molar refractivity (Wildman–Crippen MR) is 146 cm³/mol. The van der Waals surface area contributed by atoms with Gasteiger partial charge in [-0.05, 0) is 52.9 Å². The van der Waals surface area contributed by atoms with E-state index in [9.17, 15) is 14.2 Å². The lowest BCUT2D eigenvalue weighted by atomic mass is 9.99. The zero-order valence-corrected chi connectivity index (χ0v) is 22.6. The van der Waals surface area contributed by atoms with Crippen molar-refractivity contribution in [3.8, 4) is 5.75 Å². The molecule has 3 rings (SSSR count). The summed E-state index contributed by atoms with van der Waals surface area (Å²) in [6.07, 6.45) is 1.52. The number of nitrogens with one attached hydrogen (secondary N) is 1. The summed E-state index contributed by atoms with van der Waals surface area (Å²) in [4.78, 5) is 24.9. The van der Waals surface area contributed by atoms with Crippen molar-refractivity contribution in [2.45, 2.75) is 39.9 Å². The summed E-state index contributed by atoms with van der Waals surface area (Å²) < 4.78 is 30.6. The molecule has 3 aromatic carbocycles. The largest absolute Gasteiger partial charge is 0.464 e. The van der Waals surface area contributed by atoms with Crippen molar-refractivity contribution in [1.29, 1.82) is 0 Å². The van der Waals surface area contributed by atoms with E-state index in [1.54, 1.807) is 43.3 Å². The fourth-order valence-corrected chi connectivity index (χ4v) is 5.54. The molecule has 0 saturated heterocycles. The van der Waals surface area contributed by atoms with E-state index in [1.165, 1.54) is 6.08 Å². The second-order valence-corrected chi connectivity index (χ2v) is 12.1. The van der Waals surface area contributed by atoms with E-state index in [-0.39, 0.29) is 24.8 Å². The molecule has 196 valence electrons. The van der Waals surface area contributed by atoms with Crippen molar-refractivity contribution < 1.29 is 28.2 Å². The van der Waals surface area contributed by atoms with Gasteiger partial charge < -0.3 is 14.0 Å². The molecule has 0 fully saturated rings. The number of carbonyl (C=O) groups excluding carboxylic acids is 2. The van der Waals surface area contributed by atoms with Crippen molar-refractivity contribution in [2.75, 3.05) is 13.2 Å². The van der Waals surface area contributed by atoms with Crippen LogP contribution in [0.2, 0.25) is 0 Å². The van der Waals surface area contributed by atoms with Crippen molar-refractivity contribution in [3.05, 3.63) is 90.5 Å². The van der Waals surface area contributed by atoms with Crippen molar-refractivity contribution in [3.63, 3.8) is 0 Å². The second-order valence-electron chi connectivity index (χ2n) is 10.0. The molecule has 8 heteroatoms. The van der Waals surface area contributed by atoms with Gasteiger partial charge in [0.15, 0.2) is 0 Å². The molecular formula is C29H34NO6P. The van der Waals surface area contributed by atoms with Gasteiger partial charge in [0.2, 0.25) is 0 Å². The van der Waals surface area contributed by atoms with E-state index < -0.39 is 25.5 Å². The summed E-state index contributed by atoms with van der Waals surface area (Å²) in [6, 6.07) is 18.8. The van der Waals surface area contributed by atoms with Gasteiger partial charge in [0, 0.05) is 0 Å². The van der Waals surface area contributed by atoms with Gasteiger partial charge >= 0.3 is 19.5 Å². The highest BCUT2D eigenvalue weighted by Crippen LogP contribution is 2.47. The standard InChI is InChI=1S/C29H34NO6P/c1-6-16-34-28(32)24-15-14-23-13-12-22(17-25(23)18-24)19-37(33,36-26-10-8-7-9-11-26)30-21(2)27(31)35-20-29(3,4)5/h6-15,17-18,21H,1,16,19-20H2,2-5H3,(H,30,33)/t21-,37?/m0/s1. The fourth-order valence-electron chi connectivity index (χ4n) is 3.50. The summed E-state index contributed by atoms with van der Waals surface area (Å²) in [6.45, 7) is 11.4. The third-order valence-corrected chi connectivity index (χ3v) is 7.32. The molecule has 0 amide bonds. The summed E-state index contributed by atoms with van der Waals surface area (Å²) in [5.41, 5.74) is 0.927. The summed E-state index contributed by atoms with van der Waals surface area (Å²) in [7, 11) is -3.61. The van der Waals surface area contributed by atoms with Gasteiger partial charge in [0.25, 0.3) is 0 Å². The van der Waals surface area contributed by atoms with E-state index in [2.05, 4.69) is 11.7 Å². The topological polar surface area (TPSA) is 90.9 Å². The number of ether oxygens (including phenoxy) is 2. The Morgan fingerprint density at radius 2 is 1.70 bits per heavy atom. The third kappa shape index (κ3) is 8.59. The Morgan fingerprint density at radius 1 is 1.00 bits per heavy atom. The zero-order valence-electron chi connectivity index (χ0n) is 21.7. The number of hydrogen-bond acceptors (Lipinski definition) is 6. The molecule has 0 spiro atoms. The van der Waals surface area contributed by atoms with Gasteiger partial charge in [-0.25, -0.2) is 9.88 Å². The number of rotatable bonds is 11. The number of hydrogen-bond donors (Lipinski definition) is 1. The molecule has 1 N–H and O–H groups in total. The quantitative estimate of drug-likeness (QED) is 0.174. The Bertz CT molecular complexity index is 1300. The molecule has 0 aliphatic rings. The third-order valence-electron chi connectivity index (χ3n) is 5.25. The van der Waals surface area contributed by atoms with Crippen LogP contribution >= 0.6 is 7.52 Å². The van der Waals surface area contributed by atoms with Gasteiger partial charge in [0.1, 0.15) is 18.4 Å². The second kappa shape index (κ2) is 12.2. The summed E-state index contributed by atoms with van der Waals surface area (Å²) in [5.74, 6) is -0.538. The highest BCUT2D eigenvalue weighted by atomic mass is 31.2. The van der Waals surface area contributed by atoms with Gasteiger partial charge in [-0.15, -0.1) is 0 Å². The van der Waals surface area contributed by atoms with E-state index in [1.807, 2.05) is 51.1 Å². The first kappa shape index (κ1) is 28.2. The van der Waals surface area contributed by atoms with Gasteiger partial charge in [-0.1, -0.05) is 75.9 Å². The molecule has 37 heavy (non-hydrogen) atoms. The molecule has 0 aliphatic heterocycles. The number of esters is 2. The van der Waals surface area contributed by atoms with Gasteiger partial charge in [-0.3, -0.25) is 9.36 Å². The molecule has 7 nitrogen and oxygen atoms in total. The number of para-hydroxylation sites is 1. The number of carbonyl (C=O) groups is 2. The predicted octanol–water partition coefficient (Wildman–Crippen LogP) is 6.52. The smallest absolute Gasteiger partial charge is 0.338 e. The van der Waals surface area contributed by atoms with Crippen LogP contribution < -0.4 is 9.61 Å². The molecule has 0 aromatic heterocycles. The van der Waals surface area contributed by atoms with Crippen LogP contribution in [0.3, 0.4) is 0 Å². The van der Waals surface area contributed by atoms with E-state index in [0.29, 0.717) is 16.9 Å². The lowest BCUT2D eigenvalue weighted by Gasteiger charge is -2.25. The van der Waals surface area contributed by atoms with Crippen molar-refractivity contribution in [2.24, 2.45) is 5.41 Å². The first-order valence-corrected chi connectivity index (χ1v) is 13.9. The molecule has 0 bridgehead atoms. The zero-order chi connectivity index (χ0) is 27.1. The average molecular weight is 524 g/mol. The van der Waals surface area contributed by atoms with E-state index in [0.717, 1.165) is 10.8 Å². The van der Waals surface area contributed by atoms with Crippen LogP contribution in [-0.4, -0.2) is 31.2 Å². The minimum Gasteiger partial charge on any atom is -0.464 e. The first-order valence-electron chi connectivity index (χ1n) is 12.1. The molecule has 0 radical (unpaired) electrons. The van der Waals surface area contributed by atoms with Crippen LogP contribution in [0.5, 0.6) is 5.75 Å². The Kier molecular flexibility index (Phi) is 9.30. The van der Waals surface area contributed by atoms with Crippen LogP contribution in [0.1, 0.15) is 43.6 Å². The molecule has 0 aliphatic carbocycles. The van der Waals surface area contributed by atoms with Crippen LogP contribution in [0, 0.1) is 5.41 Å². The Balaban J connectivity index is 1.86. The molecule has 3 aromatic rings. The average Bonchev–Trinajstić information content (AvgIpc) is 2.85. The van der Waals surface area contributed by atoms with Crippen LogP contribution in [-0.2, 0) is 25.0 Å². The summed E-state index contributed by atoms with van der Waals surface area (Å²) in [5, 5.41) is 4.60. The number of benzene rings is 3. The maximum absolute atomic E-state index is 14.1. The molecule has 1 unspecified atom stereocenters. The minimum atomic E-state index is -3.61.